The zero-order chi connectivity index (χ0) is 27.9. The molecule has 0 aromatic heterocycles. The van der Waals surface area contributed by atoms with Crippen LogP contribution in [0.1, 0.15) is 59.4 Å². The molecular weight excluding hydrogens is 510 g/mol. The van der Waals surface area contributed by atoms with Gasteiger partial charge in [-0.25, -0.2) is 17.9 Å². The highest BCUT2D eigenvalue weighted by molar-refractivity contribution is 7.89. The number of nitrogens with one attached hydrogen (secondary N) is 2. The van der Waals surface area contributed by atoms with E-state index in [1.807, 2.05) is 13.8 Å². The molecular formula is C27H33N3O7S. The van der Waals surface area contributed by atoms with Crippen LogP contribution in [0.2, 0.25) is 0 Å². The van der Waals surface area contributed by atoms with Gasteiger partial charge >= 0.3 is 5.97 Å². The van der Waals surface area contributed by atoms with Crippen LogP contribution in [0.25, 0.3) is 0 Å². The Kier molecular flexibility index (Phi) is 9.76. The molecule has 3 rings (SSSR count). The fourth-order valence-corrected chi connectivity index (χ4v) is 5.62. The number of hydrogen-bond acceptors (Lipinski definition) is 6. The van der Waals surface area contributed by atoms with Crippen molar-refractivity contribution < 1.29 is 32.7 Å². The molecule has 0 spiro atoms. The molecule has 0 saturated carbocycles. The van der Waals surface area contributed by atoms with E-state index in [0.717, 1.165) is 10.5 Å². The van der Waals surface area contributed by atoms with Crippen molar-refractivity contribution in [3.8, 4) is 0 Å². The first-order valence-corrected chi connectivity index (χ1v) is 14.2. The number of fused-ring (bicyclic) bond motifs is 1. The first-order chi connectivity index (χ1) is 18.0. The van der Waals surface area contributed by atoms with Crippen LogP contribution in [0.5, 0.6) is 0 Å². The quantitative estimate of drug-likeness (QED) is 0.244. The van der Waals surface area contributed by atoms with Gasteiger partial charge in [0.15, 0.2) is 0 Å². The highest BCUT2D eigenvalue weighted by Gasteiger charge is 2.35. The largest absolute Gasteiger partial charge is 0.480 e. The molecule has 1 aliphatic heterocycles. The Hall–Kier alpha value is -3.57. The summed E-state index contributed by atoms with van der Waals surface area (Å²) in [6.45, 7) is 3.74. The predicted octanol–water partition coefficient (Wildman–Crippen LogP) is 2.21. The van der Waals surface area contributed by atoms with Crippen molar-refractivity contribution in [1.29, 1.82) is 0 Å². The zero-order valence-electron chi connectivity index (χ0n) is 21.4. The summed E-state index contributed by atoms with van der Waals surface area (Å²) in [5.74, 6) is -3.09. The molecule has 0 saturated heterocycles. The number of carbonyl (C=O) groups is 4. The highest BCUT2D eigenvalue weighted by atomic mass is 32.2. The van der Waals surface area contributed by atoms with Gasteiger partial charge in [0.25, 0.3) is 11.8 Å². The maximum absolute atomic E-state index is 13.0. The van der Waals surface area contributed by atoms with Crippen LogP contribution in [-0.2, 0) is 26.0 Å². The van der Waals surface area contributed by atoms with E-state index < -0.39 is 45.8 Å². The Balaban J connectivity index is 1.56. The smallest absolute Gasteiger partial charge is 0.326 e. The summed E-state index contributed by atoms with van der Waals surface area (Å²) in [5.41, 5.74) is 1.39. The van der Waals surface area contributed by atoms with Gasteiger partial charge in [0.1, 0.15) is 12.1 Å². The summed E-state index contributed by atoms with van der Waals surface area (Å²) in [6.07, 6.45) is 0.661. The number of nitrogens with zero attached hydrogens (tertiary/aromatic N) is 1. The molecule has 11 heteroatoms. The number of carboxylic acid groups (broad SMARTS) is 1. The van der Waals surface area contributed by atoms with E-state index in [9.17, 15) is 32.7 Å². The number of sulfonamides is 1. The highest BCUT2D eigenvalue weighted by Crippen LogP contribution is 2.22. The van der Waals surface area contributed by atoms with E-state index in [1.54, 1.807) is 54.6 Å². The monoisotopic (exact) mass is 543 g/mol. The van der Waals surface area contributed by atoms with Crippen LogP contribution < -0.4 is 10.0 Å². The van der Waals surface area contributed by atoms with Gasteiger partial charge in [-0.1, -0.05) is 56.3 Å². The van der Waals surface area contributed by atoms with Crippen molar-refractivity contribution in [2.75, 3.05) is 12.3 Å². The molecule has 0 aliphatic carbocycles. The van der Waals surface area contributed by atoms with E-state index in [4.69, 9.17) is 0 Å². The predicted molar refractivity (Wildman–Crippen MR) is 141 cm³/mol. The molecule has 2 aromatic rings. The third kappa shape index (κ3) is 7.72. The Bertz CT molecular complexity index is 1240. The fraction of sp³-hybridized carbons (Fsp3) is 0.407. The van der Waals surface area contributed by atoms with Gasteiger partial charge in [-0.2, -0.15) is 0 Å². The van der Waals surface area contributed by atoms with Crippen LogP contribution >= 0.6 is 0 Å². The summed E-state index contributed by atoms with van der Waals surface area (Å²) >= 11 is 0. The normalized spacial score (nSPS) is 14.9. The molecule has 1 aliphatic rings. The van der Waals surface area contributed by atoms with Gasteiger partial charge in [0, 0.05) is 13.0 Å². The van der Waals surface area contributed by atoms with Crippen LogP contribution in [0, 0.1) is 5.92 Å². The first kappa shape index (κ1) is 29.0. The Morgan fingerprint density at radius 1 is 0.895 bits per heavy atom. The molecule has 10 nitrogen and oxygen atoms in total. The topological polar surface area (TPSA) is 150 Å². The molecule has 204 valence electrons. The second-order valence-corrected chi connectivity index (χ2v) is 11.6. The lowest BCUT2D eigenvalue weighted by atomic mass is 10.0. The average molecular weight is 544 g/mol. The molecule has 3 amide bonds. The number of hydrogen-bond donors (Lipinski definition) is 3. The van der Waals surface area contributed by atoms with Crippen molar-refractivity contribution in [2.24, 2.45) is 5.92 Å². The zero-order valence-corrected chi connectivity index (χ0v) is 22.2. The Morgan fingerprint density at radius 2 is 1.47 bits per heavy atom. The lowest BCUT2D eigenvalue weighted by Gasteiger charge is -2.23. The molecule has 38 heavy (non-hydrogen) atoms. The minimum absolute atomic E-state index is 0.0420. The van der Waals surface area contributed by atoms with Crippen molar-refractivity contribution >= 4 is 33.7 Å². The molecule has 2 aromatic carbocycles. The van der Waals surface area contributed by atoms with E-state index in [0.29, 0.717) is 11.1 Å². The standard InChI is InChI=1S/C27H33N3O7S/c1-18(2)16-22(24(31)28-23(27(34)35)17-19-10-4-3-5-11-19)29-38(36,37)15-9-8-14-30-25(32)20-12-6-7-13-21(20)26(30)33/h3-7,10-13,18,22-23,29H,8-9,14-17H2,1-2H3,(H,28,31)(H,34,35)/t22-,23-/m0/s1. The number of benzene rings is 2. The molecule has 1 heterocycles. The number of carbonyl (C=O) groups excluding carboxylic acids is 3. The molecule has 0 radical (unpaired) electrons. The summed E-state index contributed by atoms with van der Waals surface area (Å²) < 4.78 is 28.0. The fourth-order valence-electron chi connectivity index (χ4n) is 4.28. The van der Waals surface area contributed by atoms with E-state index in [2.05, 4.69) is 10.0 Å². The summed E-state index contributed by atoms with van der Waals surface area (Å²) in [4.78, 5) is 50.8. The molecule has 0 bridgehead atoms. The second kappa shape index (κ2) is 12.8. The van der Waals surface area contributed by atoms with Gasteiger partial charge in [0.2, 0.25) is 15.9 Å². The van der Waals surface area contributed by atoms with Gasteiger partial charge in [0.05, 0.1) is 16.9 Å². The number of aliphatic carboxylic acids is 1. The van der Waals surface area contributed by atoms with Crippen LogP contribution in [0.15, 0.2) is 54.6 Å². The third-order valence-corrected chi connectivity index (χ3v) is 7.64. The number of rotatable bonds is 14. The van der Waals surface area contributed by atoms with Gasteiger partial charge in [-0.15, -0.1) is 0 Å². The van der Waals surface area contributed by atoms with Crippen molar-refractivity contribution in [3.05, 3.63) is 71.3 Å². The number of carboxylic acids is 1. The number of imide groups is 1. The lowest BCUT2D eigenvalue weighted by molar-refractivity contribution is -0.142. The Morgan fingerprint density at radius 3 is 2.03 bits per heavy atom. The first-order valence-electron chi connectivity index (χ1n) is 12.5. The van der Waals surface area contributed by atoms with E-state index in [1.165, 1.54) is 0 Å². The molecule has 0 unspecified atom stereocenters. The van der Waals surface area contributed by atoms with Gasteiger partial charge in [-0.3, -0.25) is 19.3 Å². The summed E-state index contributed by atoms with van der Waals surface area (Å²) in [5, 5.41) is 12.1. The molecule has 0 fully saturated rings. The lowest BCUT2D eigenvalue weighted by Crippen LogP contribution is -2.52. The van der Waals surface area contributed by atoms with E-state index >= 15 is 0 Å². The minimum Gasteiger partial charge on any atom is -0.480 e. The van der Waals surface area contributed by atoms with Crippen LogP contribution in [0.4, 0.5) is 0 Å². The minimum atomic E-state index is -3.91. The van der Waals surface area contributed by atoms with Gasteiger partial charge in [-0.05, 0) is 42.9 Å². The SMILES string of the molecule is CC(C)C[C@H](NS(=O)(=O)CCCCN1C(=O)c2ccccc2C1=O)C(=O)N[C@@H](Cc1ccccc1)C(=O)O. The maximum Gasteiger partial charge on any atom is 0.326 e. The number of unbranched alkanes of at least 4 members (excludes halogenated alkanes) is 1. The van der Waals surface area contributed by atoms with Gasteiger partial charge < -0.3 is 10.4 Å². The molecule has 3 N–H and O–H groups in total. The average Bonchev–Trinajstić information content (AvgIpc) is 3.10. The van der Waals surface area contributed by atoms with Crippen molar-refractivity contribution in [3.63, 3.8) is 0 Å². The van der Waals surface area contributed by atoms with Crippen LogP contribution in [-0.4, -0.2) is 66.5 Å². The Labute approximate surface area is 222 Å². The molecule has 2 atom stereocenters. The van der Waals surface area contributed by atoms with Crippen molar-refractivity contribution in [1.82, 2.24) is 14.9 Å². The maximum atomic E-state index is 13.0. The van der Waals surface area contributed by atoms with E-state index in [-0.39, 0.29) is 43.9 Å². The third-order valence-electron chi connectivity index (χ3n) is 6.17. The summed E-state index contributed by atoms with van der Waals surface area (Å²) in [6, 6.07) is 13.0. The number of amides is 3. The van der Waals surface area contributed by atoms with Crippen LogP contribution in [0.3, 0.4) is 0 Å². The second-order valence-electron chi connectivity index (χ2n) is 9.72. The van der Waals surface area contributed by atoms with Crippen molar-refractivity contribution in [2.45, 2.75) is 51.6 Å². The summed E-state index contributed by atoms with van der Waals surface area (Å²) in [7, 11) is -3.91.